The van der Waals surface area contributed by atoms with Crippen molar-refractivity contribution in [3.05, 3.63) is 28.1 Å². The molecule has 1 unspecified atom stereocenters. The molecule has 3 aromatic heterocycles. The first-order chi connectivity index (χ1) is 18.4. The molecule has 1 aliphatic rings. The molecule has 0 aliphatic heterocycles. The fraction of sp³-hybridized carbons (Fsp3) is 0.381. The van der Waals surface area contributed by atoms with Crippen LogP contribution in [0, 0.1) is 22.7 Å². The number of hydrogen-bond acceptors (Lipinski definition) is 8. The van der Waals surface area contributed by atoms with Crippen LogP contribution >= 0.6 is 11.3 Å². The third-order valence-electron chi connectivity index (χ3n) is 5.50. The van der Waals surface area contributed by atoms with Crippen molar-refractivity contribution in [2.45, 2.75) is 43.0 Å². The predicted molar refractivity (Wildman–Crippen MR) is 113 cm³/mol. The number of carbonyl (C=O) groups excluding carboxylic acids is 1. The lowest BCUT2D eigenvalue weighted by atomic mass is 10.1. The van der Waals surface area contributed by atoms with E-state index < -0.39 is 58.9 Å². The van der Waals surface area contributed by atoms with Crippen molar-refractivity contribution >= 4 is 17.2 Å². The Bertz CT molecular complexity index is 1550. The number of hydrogen-bond donors (Lipinski definition) is 1. The maximum absolute atomic E-state index is 13.9. The number of halogens is 9. The molecule has 3 heterocycles. The van der Waals surface area contributed by atoms with Crippen molar-refractivity contribution in [3.63, 3.8) is 0 Å². The van der Waals surface area contributed by atoms with E-state index in [1.165, 1.54) is 0 Å². The van der Waals surface area contributed by atoms with Gasteiger partial charge in [0, 0.05) is 13.1 Å². The molecule has 1 aliphatic carbocycles. The van der Waals surface area contributed by atoms with Crippen molar-refractivity contribution in [2.24, 2.45) is 7.05 Å². The second-order valence-corrected chi connectivity index (χ2v) is 9.46. The summed E-state index contributed by atoms with van der Waals surface area (Å²) in [6.07, 6.45) is -21.7. The van der Waals surface area contributed by atoms with Gasteiger partial charge in [-0.15, -0.1) is 16.4 Å². The highest BCUT2D eigenvalue weighted by Gasteiger charge is 2.60. The Labute approximate surface area is 220 Å². The van der Waals surface area contributed by atoms with Crippen LogP contribution in [-0.4, -0.2) is 44.8 Å². The highest BCUT2D eigenvalue weighted by Crippen LogP contribution is 2.46. The van der Waals surface area contributed by atoms with Crippen molar-refractivity contribution in [1.82, 2.24) is 20.3 Å². The molecule has 1 saturated carbocycles. The normalized spacial score (nSPS) is 15.7. The van der Waals surface area contributed by atoms with Gasteiger partial charge in [0.2, 0.25) is 0 Å². The number of nitriles is 2. The summed E-state index contributed by atoms with van der Waals surface area (Å²) in [4.78, 5) is 12.5. The van der Waals surface area contributed by atoms with Crippen LogP contribution in [0.2, 0.25) is 0 Å². The number of aromatic nitrogens is 3. The third-order valence-corrected chi connectivity index (χ3v) is 6.56. The first-order valence-electron chi connectivity index (χ1n) is 10.6. The topological polar surface area (TPSA) is 130 Å². The van der Waals surface area contributed by atoms with Crippen LogP contribution in [0.25, 0.3) is 22.0 Å². The number of nitrogens with one attached hydrogen (secondary N) is 1. The minimum Gasteiger partial charge on any atom is -0.410 e. The summed E-state index contributed by atoms with van der Waals surface area (Å²) < 4.78 is 128. The second kappa shape index (κ2) is 9.44. The van der Waals surface area contributed by atoms with Crippen LogP contribution in [0.3, 0.4) is 0 Å². The number of nitrogens with zero attached hydrogens (tertiary/aromatic N) is 5. The molecular formula is C21H11F9N6O3S. The van der Waals surface area contributed by atoms with Crippen molar-refractivity contribution in [3.8, 4) is 40.0 Å². The molecule has 1 amide bonds. The fourth-order valence-corrected chi connectivity index (χ4v) is 4.33. The number of thiophene rings is 1. The summed E-state index contributed by atoms with van der Waals surface area (Å²) in [5.41, 5.74) is -5.13. The van der Waals surface area contributed by atoms with Crippen molar-refractivity contribution in [2.75, 3.05) is 0 Å². The van der Waals surface area contributed by atoms with Crippen LogP contribution in [-0.2, 0) is 13.2 Å². The molecule has 0 radical (unpaired) electrons. The number of aryl methyl sites for hydroxylation is 1. The molecule has 19 heteroatoms. The van der Waals surface area contributed by atoms with Gasteiger partial charge >= 0.3 is 18.5 Å². The molecule has 1 N–H and O–H groups in total. The minimum absolute atomic E-state index is 0.0198. The molecule has 0 aromatic carbocycles. The molecule has 40 heavy (non-hydrogen) atoms. The average Bonchev–Trinajstić information content (AvgIpc) is 3.17. The maximum Gasteiger partial charge on any atom is 0.440 e. The highest BCUT2D eigenvalue weighted by atomic mass is 32.1. The van der Waals surface area contributed by atoms with E-state index in [0.717, 1.165) is 19.2 Å². The Hall–Kier alpha value is -4.26. The maximum atomic E-state index is 13.9. The van der Waals surface area contributed by atoms with Gasteiger partial charge in [0.15, 0.2) is 5.76 Å². The van der Waals surface area contributed by atoms with E-state index in [-0.39, 0.29) is 21.1 Å². The number of rotatable bonds is 7. The molecule has 0 bridgehead atoms. The van der Waals surface area contributed by atoms with Gasteiger partial charge in [-0.05, 0) is 18.9 Å². The third kappa shape index (κ3) is 5.28. The largest absolute Gasteiger partial charge is 0.440 e. The van der Waals surface area contributed by atoms with E-state index in [4.69, 9.17) is 9.78 Å². The lowest BCUT2D eigenvalue weighted by molar-refractivity contribution is -0.306. The lowest BCUT2D eigenvalue weighted by Crippen LogP contribution is -2.46. The Morgan fingerprint density at radius 3 is 2.38 bits per heavy atom. The Morgan fingerprint density at radius 2 is 1.85 bits per heavy atom. The zero-order chi connectivity index (χ0) is 29.8. The summed E-state index contributed by atoms with van der Waals surface area (Å²) in [6, 6.07) is 5.70. The summed E-state index contributed by atoms with van der Waals surface area (Å²) in [6.45, 7) is 0. The second-order valence-electron chi connectivity index (χ2n) is 8.41. The van der Waals surface area contributed by atoms with E-state index in [2.05, 4.69) is 20.3 Å². The van der Waals surface area contributed by atoms with Crippen LogP contribution in [0.15, 0.2) is 16.7 Å². The van der Waals surface area contributed by atoms with E-state index in [1.54, 1.807) is 6.07 Å². The van der Waals surface area contributed by atoms with Gasteiger partial charge in [-0.1, -0.05) is 5.16 Å². The van der Waals surface area contributed by atoms with Gasteiger partial charge in [-0.2, -0.15) is 45.6 Å². The molecule has 1 fully saturated rings. The molecule has 0 saturated heterocycles. The molecule has 9 nitrogen and oxygen atoms in total. The monoisotopic (exact) mass is 598 g/mol. The molecule has 4 rings (SSSR count). The number of carbonyl (C=O) groups is 1. The number of amides is 1. The van der Waals surface area contributed by atoms with Gasteiger partial charge in [-0.3, -0.25) is 9.48 Å². The molecular weight excluding hydrogens is 587 g/mol. The smallest absolute Gasteiger partial charge is 0.410 e. The molecule has 1 atom stereocenters. The van der Waals surface area contributed by atoms with Gasteiger partial charge < -0.3 is 14.6 Å². The van der Waals surface area contributed by atoms with Crippen LogP contribution in [0.4, 0.5) is 39.5 Å². The first kappa shape index (κ1) is 28.7. The summed E-state index contributed by atoms with van der Waals surface area (Å²) >= 11 is 0.681. The van der Waals surface area contributed by atoms with E-state index in [1.807, 2.05) is 6.07 Å². The zero-order valence-corrected chi connectivity index (χ0v) is 20.2. The first-order valence-corrected chi connectivity index (χ1v) is 11.4. The predicted octanol–water partition coefficient (Wildman–Crippen LogP) is 5.35. The average molecular weight is 598 g/mol. The summed E-state index contributed by atoms with van der Waals surface area (Å²) in [5.74, 6) is -3.11. The van der Waals surface area contributed by atoms with Crippen molar-refractivity contribution in [1.29, 1.82) is 10.5 Å². The van der Waals surface area contributed by atoms with Crippen LogP contribution in [0.5, 0.6) is 5.88 Å². The zero-order valence-electron chi connectivity index (χ0n) is 19.4. The van der Waals surface area contributed by atoms with Gasteiger partial charge in [0.25, 0.3) is 18.0 Å². The highest BCUT2D eigenvalue weighted by molar-refractivity contribution is 7.16. The Kier molecular flexibility index (Phi) is 6.78. The minimum atomic E-state index is -6.16. The Morgan fingerprint density at radius 1 is 1.20 bits per heavy atom. The number of alkyl halides is 9. The quantitative estimate of drug-likeness (QED) is 0.363. The van der Waals surface area contributed by atoms with Gasteiger partial charge in [0.1, 0.15) is 33.4 Å². The fourth-order valence-electron chi connectivity index (χ4n) is 3.43. The van der Waals surface area contributed by atoms with Crippen molar-refractivity contribution < 1.29 is 53.6 Å². The number of ether oxygens (including phenoxy) is 1. The van der Waals surface area contributed by atoms with E-state index in [9.17, 15) is 49.6 Å². The lowest BCUT2D eigenvalue weighted by Gasteiger charge is -2.22. The SMILES string of the molecule is Cn1nc(OC(F)(F)C(F)C(F)(F)F)c(C(F)(F)F)c1-c1cc(-c2cc(C(=O)NC3(C#N)CC3)c(C#N)s2)on1. The summed E-state index contributed by atoms with van der Waals surface area (Å²) in [5, 5.41) is 27.5. The standard InChI is InChI=1S/C21H11F9N6O3S/c1-36-14(13(19(23,24)25)16(34-36)38-21(29,30)17(22)20(26,27)28)9-5-10(39-35-9)11-4-8(12(6-31)40-11)15(37)33-18(7-32)2-3-18/h4-5,17H,2-3H2,1H3,(H,33,37). The van der Waals surface area contributed by atoms with Crippen LogP contribution in [0.1, 0.15) is 33.6 Å². The van der Waals surface area contributed by atoms with Crippen LogP contribution < -0.4 is 10.1 Å². The Balaban J connectivity index is 1.71. The van der Waals surface area contributed by atoms with Gasteiger partial charge in [0.05, 0.1) is 16.5 Å². The summed E-state index contributed by atoms with van der Waals surface area (Å²) in [7, 11) is 0.797. The van der Waals surface area contributed by atoms with E-state index >= 15 is 0 Å². The molecule has 212 valence electrons. The molecule has 3 aromatic rings. The molecule has 0 spiro atoms. The van der Waals surface area contributed by atoms with Gasteiger partial charge in [-0.25, -0.2) is 4.39 Å². The van der Waals surface area contributed by atoms with E-state index in [0.29, 0.717) is 28.9 Å².